The molecule has 2 heterocycles. The maximum Gasteiger partial charge on any atom is 0.417 e. The van der Waals surface area contributed by atoms with Crippen LogP contribution in [0.5, 0.6) is 0 Å². The molecule has 0 bridgehead atoms. The Balaban J connectivity index is 2.30. The first-order chi connectivity index (χ1) is 10.2. The van der Waals surface area contributed by atoms with Gasteiger partial charge in [0.1, 0.15) is 11.6 Å². The van der Waals surface area contributed by atoms with Crippen molar-refractivity contribution in [1.29, 1.82) is 5.26 Å². The van der Waals surface area contributed by atoms with Gasteiger partial charge in [-0.1, -0.05) is 0 Å². The normalized spacial score (nSPS) is 23.0. The van der Waals surface area contributed by atoms with Crippen LogP contribution in [0, 0.1) is 25.2 Å². The Labute approximate surface area is 126 Å². The molecular formula is C14H17F3N4O. The summed E-state index contributed by atoms with van der Waals surface area (Å²) in [4.78, 5) is 1.60. The molecule has 0 amide bonds. The van der Waals surface area contributed by atoms with Crippen LogP contribution in [-0.4, -0.2) is 40.2 Å². The van der Waals surface area contributed by atoms with E-state index in [1.807, 2.05) is 6.07 Å². The largest absolute Gasteiger partial charge is 0.417 e. The number of aromatic nitrogens is 2. The minimum atomic E-state index is -4.66. The second-order valence-electron chi connectivity index (χ2n) is 5.59. The molecule has 1 aromatic rings. The predicted molar refractivity (Wildman–Crippen MR) is 73.3 cm³/mol. The van der Waals surface area contributed by atoms with Crippen molar-refractivity contribution in [2.24, 2.45) is 0 Å². The van der Waals surface area contributed by atoms with Crippen molar-refractivity contribution in [3.63, 3.8) is 0 Å². The van der Waals surface area contributed by atoms with Crippen LogP contribution < -0.4 is 4.90 Å². The van der Waals surface area contributed by atoms with Crippen LogP contribution in [0.3, 0.4) is 0 Å². The summed E-state index contributed by atoms with van der Waals surface area (Å²) in [6, 6.07) is 2.04. The predicted octanol–water partition coefficient (Wildman–Crippen LogP) is 2.25. The van der Waals surface area contributed by atoms with E-state index in [9.17, 15) is 23.5 Å². The summed E-state index contributed by atoms with van der Waals surface area (Å²) < 4.78 is 38.8. The van der Waals surface area contributed by atoms with E-state index in [1.54, 1.807) is 18.7 Å². The number of hydrogen-bond acceptors (Lipinski definition) is 5. The zero-order chi connectivity index (χ0) is 16.5. The van der Waals surface area contributed by atoms with Crippen LogP contribution in [0.25, 0.3) is 0 Å². The molecule has 1 N–H and O–H groups in total. The molecule has 1 aliphatic rings. The number of rotatable bonds is 1. The molecule has 1 atom stereocenters. The van der Waals surface area contributed by atoms with E-state index < -0.39 is 18.2 Å². The average Bonchev–Trinajstić information content (AvgIpc) is 2.64. The van der Waals surface area contributed by atoms with Gasteiger partial charge >= 0.3 is 6.18 Å². The van der Waals surface area contributed by atoms with Gasteiger partial charge in [0, 0.05) is 19.5 Å². The lowest BCUT2D eigenvalue weighted by molar-refractivity contribution is -0.263. The van der Waals surface area contributed by atoms with Gasteiger partial charge in [0.2, 0.25) is 0 Å². The van der Waals surface area contributed by atoms with Crippen LogP contribution >= 0.6 is 0 Å². The maximum atomic E-state index is 12.9. The first-order valence-electron chi connectivity index (χ1n) is 6.97. The van der Waals surface area contributed by atoms with E-state index in [4.69, 9.17) is 0 Å². The minimum Gasteiger partial charge on any atom is -0.380 e. The molecule has 0 saturated carbocycles. The molecule has 0 aromatic carbocycles. The second kappa shape index (κ2) is 5.72. The standard InChI is InChI=1S/C14H17F3N4O/c1-9-10(2)19-20-12(11(9)8-18)21-6-3-4-13(22,5-7-21)14(15,16)17/h22H,3-7H2,1-2H3. The summed E-state index contributed by atoms with van der Waals surface area (Å²) in [5, 5.41) is 27.0. The Morgan fingerprint density at radius 2 is 1.91 bits per heavy atom. The molecule has 1 aliphatic heterocycles. The number of hydrogen-bond donors (Lipinski definition) is 1. The van der Waals surface area contributed by atoms with Crippen molar-refractivity contribution in [3.05, 3.63) is 16.8 Å². The van der Waals surface area contributed by atoms with Crippen molar-refractivity contribution in [2.75, 3.05) is 18.0 Å². The molecule has 5 nitrogen and oxygen atoms in total. The van der Waals surface area contributed by atoms with Gasteiger partial charge in [0.15, 0.2) is 11.4 Å². The molecule has 8 heteroatoms. The van der Waals surface area contributed by atoms with Gasteiger partial charge in [-0.2, -0.15) is 23.5 Å². The number of nitriles is 1. The maximum absolute atomic E-state index is 12.9. The Kier molecular flexibility index (Phi) is 4.29. The second-order valence-corrected chi connectivity index (χ2v) is 5.59. The quantitative estimate of drug-likeness (QED) is 0.860. The third-order valence-electron chi connectivity index (χ3n) is 4.19. The zero-order valence-electron chi connectivity index (χ0n) is 12.4. The Morgan fingerprint density at radius 1 is 1.23 bits per heavy atom. The van der Waals surface area contributed by atoms with Gasteiger partial charge in [-0.05, 0) is 32.3 Å². The Hall–Kier alpha value is -1.88. The number of anilines is 1. The molecule has 1 fully saturated rings. The van der Waals surface area contributed by atoms with Crippen LogP contribution in [-0.2, 0) is 0 Å². The minimum absolute atomic E-state index is 0.0259. The molecular weight excluding hydrogens is 297 g/mol. The molecule has 0 aliphatic carbocycles. The van der Waals surface area contributed by atoms with E-state index in [0.29, 0.717) is 23.4 Å². The lowest BCUT2D eigenvalue weighted by Crippen LogP contribution is -2.45. The zero-order valence-corrected chi connectivity index (χ0v) is 12.4. The molecule has 0 radical (unpaired) electrons. The third kappa shape index (κ3) is 2.86. The number of halogens is 3. The van der Waals surface area contributed by atoms with Crippen LogP contribution in [0.15, 0.2) is 0 Å². The first-order valence-corrected chi connectivity index (χ1v) is 6.97. The van der Waals surface area contributed by atoms with E-state index in [1.165, 1.54) is 0 Å². The van der Waals surface area contributed by atoms with Crippen molar-refractivity contribution >= 4 is 5.82 Å². The van der Waals surface area contributed by atoms with Gasteiger partial charge in [-0.15, -0.1) is 5.10 Å². The van der Waals surface area contributed by atoms with Crippen molar-refractivity contribution < 1.29 is 18.3 Å². The molecule has 0 spiro atoms. The summed E-state index contributed by atoms with van der Waals surface area (Å²) in [7, 11) is 0. The molecule has 120 valence electrons. The van der Waals surface area contributed by atoms with Gasteiger partial charge in [-0.25, -0.2) is 0 Å². The Morgan fingerprint density at radius 3 is 2.50 bits per heavy atom. The molecule has 1 unspecified atom stereocenters. The SMILES string of the molecule is Cc1nnc(N2CCCC(O)(C(F)(F)F)CC2)c(C#N)c1C. The lowest BCUT2D eigenvalue weighted by atomic mass is 9.94. The van der Waals surface area contributed by atoms with E-state index in [-0.39, 0.29) is 25.2 Å². The molecule has 22 heavy (non-hydrogen) atoms. The summed E-state index contributed by atoms with van der Waals surface area (Å²) in [5.41, 5.74) is -1.07. The fourth-order valence-corrected chi connectivity index (χ4v) is 2.57. The first kappa shape index (κ1) is 16.5. The highest BCUT2D eigenvalue weighted by atomic mass is 19.4. The summed E-state index contributed by atoms with van der Waals surface area (Å²) in [5.74, 6) is 0.289. The average molecular weight is 314 g/mol. The number of aryl methyl sites for hydroxylation is 1. The fraction of sp³-hybridized carbons (Fsp3) is 0.643. The summed E-state index contributed by atoms with van der Waals surface area (Å²) in [6.07, 6.45) is -5.30. The summed E-state index contributed by atoms with van der Waals surface area (Å²) >= 11 is 0. The summed E-state index contributed by atoms with van der Waals surface area (Å²) in [6.45, 7) is 3.72. The fourth-order valence-electron chi connectivity index (χ4n) is 2.57. The topological polar surface area (TPSA) is 73.0 Å². The van der Waals surface area contributed by atoms with Crippen LogP contribution in [0.4, 0.5) is 19.0 Å². The van der Waals surface area contributed by atoms with Gasteiger partial charge in [0.25, 0.3) is 0 Å². The van der Waals surface area contributed by atoms with E-state index in [0.717, 1.165) is 0 Å². The smallest absolute Gasteiger partial charge is 0.380 e. The lowest BCUT2D eigenvalue weighted by Gasteiger charge is -2.29. The third-order valence-corrected chi connectivity index (χ3v) is 4.19. The number of aliphatic hydroxyl groups is 1. The highest BCUT2D eigenvalue weighted by Crippen LogP contribution is 2.39. The van der Waals surface area contributed by atoms with Crippen molar-refractivity contribution in [2.45, 2.75) is 44.9 Å². The Bertz CT molecular complexity index is 611. The monoisotopic (exact) mass is 314 g/mol. The molecule has 1 saturated heterocycles. The number of alkyl halides is 3. The molecule has 2 rings (SSSR count). The van der Waals surface area contributed by atoms with Gasteiger partial charge in [-0.3, -0.25) is 0 Å². The molecule has 1 aromatic heterocycles. The van der Waals surface area contributed by atoms with Crippen molar-refractivity contribution in [1.82, 2.24) is 10.2 Å². The van der Waals surface area contributed by atoms with Crippen molar-refractivity contribution in [3.8, 4) is 6.07 Å². The highest BCUT2D eigenvalue weighted by molar-refractivity contribution is 5.57. The van der Waals surface area contributed by atoms with Gasteiger partial charge in [0.05, 0.1) is 5.69 Å². The van der Waals surface area contributed by atoms with E-state index >= 15 is 0 Å². The van der Waals surface area contributed by atoms with Gasteiger partial charge < -0.3 is 10.0 Å². The highest BCUT2D eigenvalue weighted by Gasteiger charge is 2.53. The van der Waals surface area contributed by atoms with Crippen LogP contribution in [0.2, 0.25) is 0 Å². The number of nitrogens with zero attached hydrogens (tertiary/aromatic N) is 4. The van der Waals surface area contributed by atoms with E-state index in [2.05, 4.69) is 10.2 Å². The van der Waals surface area contributed by atoms with Crippen LogP contribution in [0.1, 0.15) is 36.1 Å².